The van der Waals surface area contributed by atoms with E-state index in [0.29, 0.717) is 50.2 Å². The SMILES string of the molecule is CCS(=O)(=O)CCNCC1(c2cc3c(Nc4ccc(OCc5cccc(F)c5)c(Br)c4)ncnc3cc2F)CC=CO1. The van der Waals surface area contributed by atoms with Crippen LogP contribution in [0.3, 0.4) is 0 Å². The van der Waals surface area contributed by atoms with Crippen LogP contribution in [0.5, 0.6) is 5.75 Å². The molecule has 2 N–H and O–H groups in total. The van der Waals surface area contributed by atoms with Gasteiger partial charge in [0.2, 0.25) is 0 Å². The van der Waals surface area contributed by atoms with Crippen LogP contribution < -0.4 is 15.4 Å². The third-order valence-electron chi connectivity index (χ3n) is 6.97. The molecule has 0 aliphatic carbocycles. The first-order valence-corrected chi connectivity index (χ1v) is 15.9. The van der Waals surface area contributed by atoms with Gasteiger partial charge in [-0.1, -0.05) is 19.1 Å². The second-order valence-electron chi connectivity index (χ2n) is 9.86. The Bertz CT molecular complexity index is 1730. The van der Waals surface area contributed by atoms with Gasteiger partial charge in [0, 0.05) is 48.0 Å². The number of benzene rings is 3. The molecule has 3 aromatic carbocycles. The monoisotopic (exact) mass is 658 g/mol. The van der Waals surface area contributed by atoms with Gasteiger partial charge in [0.25, 0.3) is 0 Å². The molecule has 1 atom stereocenters. The van der Waals surface area contributed by atoms with Crippen molar-refractivity contribution < 1.29 is 26.7 Å². The van der Waals surface area contributed by atoms with E-state index in [4.69, 9.17) is 9.47 Å². The molecule has 0 saturated carbocycles. The lowest BCUT2D eigenvalue weighted by molar-refractivity contribution is 0.0385. The normalized spacial score (nSPS) is 16.5. The summed E-state index contributed by atoms with van der Waals surface area (Å²) in [7, 11) is -3.14. The fourth-order valence-corrected chi connectivity index (χ4v) is 5.89. The third kappa shape index (κ3) is 6.88. The van der Waals surface area contributed by atoms with E-state index < -0.39 is 21.3 Å². The fourth-order valence-electron chi connectivity index (χ4n) is 4.66. The summed E-state index contributed by atoms with van der Waals surface area (Å²) in [5, 5.41) is 6.99. The zero-order chi connectivity index (χ0) is 29.7. The molecular formula is C30H29BrF2N4O4S. The molecule has 42 heavy (non-hydrogen) atoms. The Kier molecular flexibility index (Phi) is 9.05. The highest BCUT2D eigenvalue weighted by Gasteiger charge is 2.38. The van der Waals surface area contributed by atoms with Crippen molar-refractivity contribution in [2.75, 3.05) is 29.9 Å². The van der Waals surface area contributed by atoms with Crippen LogP contribution in [0, 0.1) is 11.6 Å². The number of nitrogens with zero attached hydrogens (tertiary/aromatic N) is 2. The van der Waals surface area contributed by atoms with E-state index in [0.717, 1.165) is 0 Å². The number of fused-ring (bicyclic) bond motifs is 1. The Hall–Kier alpha value is -3.61. The highest BCUT2D eigenvalue weighted by Crippen LogP contribution is 2.39. The molecule has 1 unspecified atom stereocenters. The van der Waals surface area contributed by atoms with Crippen LogP contribution in [0.1, 0.15) is 24.5 Å². The summed E-state index contributed by atoms with van der Waals surface area (Å²) in [5.74, 6) is 0.281. The number of aromatic nitrogens is 2. The first-order valence-electron chi connectivity index (χ1n) is 13.3. The Balaban J connectivity index is 1.36. The molecule has 12 heteroatoms. The number of halogens is 3. The van der Waals surface area contributed by atoms with E-state index in [-0.39, 0.29) is 37.0 Å². The highest BCUT2D eigenvalue weighted by atomic mass is 79.9. The van der Waals surface area contributed by atoms with E-state index in [1.165, 1.54) is 30.8 Å². The van der Waals surface area contributed by atoms with Gasteiger partial charge in [-0.3, -0.25) is 0 Å². The molecule has 8 nitrogen and oxygen atoms in total. The van der Waals surface area contributed by atoms with Gasteiger partial charge in [-0.15, -0.1) is 0 Å². The van der Waals surface area contributed by atoms with E-state index in [2.05, 4.69) is 36.5 Å². The zero-order valence-electron chi connectivity index (χ0n) is 22.7. The summed E-state index contributed by atoms with van der Waals surface area (Å²) in [4.78, 5) is 8.66. The number of sulfone groups is 1. The number of rotatable bonds is 12. The molecule has 1 aromatic heterocycles. The van der Waals surface area contributed by atoms with Gasteiger partial charge in [-0.25, -0.2) is 27.2 Å². The minimum Gasteiger partial charge on any atom is -0.489 e. The van der Waals surface area contributed by atoms with Gasteiger partial charge in [-0.2, -0.15) is 0 Å². The quantitative estimate of drug-likeness (QED) is 0.175. The molecule has 0 radical (unpaired) electrons. The molecule has 1 aliphatic heterocycles. The lowest BCUT2D eigenvalue weighted by Crippen LogP contribution is -2.40. The molecule has 4 aromatic rings. The molecule has 5 rings (SSSR count). The lowest BCUT2D eigenvalue weighted by Gasteiger charge is -2.30. The van der Waals surface area contributed by atoms with Crippen molar-refractivity contribution in [1.82, 2.24) is 15.3 Å². The number of ether oxygens (including phenoxy) is 2. The summed E-state index contributed by atoms with van der Waals surface area (Å²) in [5.41, 5.74) is 1.07. The molecule has 220 valence electrons. The van der Waals surface area contributed by atoms with Crippen LogP contribution in [-0.4, -0.2) is 43.0 Å². The number of nitrogens with one attached hydrogen (secondary N) is 2. The largest absolute Gasteiger partial charge is 0.489 e. The predicted molar refractivity (Wildman–Crippen MR) is 161 cm³/mol. The topological polar surface area (TPSA) is 102 Å². The number of anilines is 2. The van der Waals surface area contributed by atoms with Gasteiger partial charge in [-0.05, 0) is 64.0 Å². The molecule has 0 amide bonds. The van der Waals surface area contributed by atoms with Crippen LogP contribution in [-0.2, 0) is 26.8 Å². The van der Waals surface area contributed by atoms with Gasteiger partial charge in [0.15, 0.2) is 15.4 Å². The van der Waals surface area contributed by atoms with Crippen molar-refractivity contribution in [3.05, 3.63) is 100 Å². The van der Waals surface area contributed by atoms with Crippen molar-refractivity contribution >= 4 is 48.2 Å². The molecule has 1 aliphatic rings. The van der Waals surface area contributed by atoms with Crippen molar-refractivity contribution in [3.63, 3.8) is 0 Å². The summed E-state index contributed by atoms with van der Waals surface area (Å²) < 4.78 is 65.2. The molecular weight excluding hydrogens is 630 g/mol. The van der Waals surface area contributed by atoms with Crippen molar-refractivity contribution in [2.45, 2.75) is 25.6 Å². The summed E-state index contributed by atoms with van der Waals surface area (Å²) in [6.45, 7) is 2.25. The molecule has 2 heterocycles. The maximum Gasteiger partial charge on any atom is 0.152 e. The smallest absolute Gasteiger partial charge is 0.152 e. The Morgan fingerprint density at radius 1 is 1.12 bits per heavy atom. The van der Waals surface area contributed by atoms with Gasteiger partial charge >= 0.3 is 0 Å². The maximum atomic E-state index is 15.5. The fraction of sp³-hybridized carbons (Fsp3) is 0.267. The van der Waals surface area contributed by atoms with Crippen molar-refractivity contribution in [3.8, 4) is 5.75 Å². The summed E-state index contributed by atoms with van der Waals surface area (Å²) >= 11 is 3.53. The zero-order valence-corrected chi connectivity index (χ0v) is 25.1. The average Bonchev–Trinajstić information content (AvgIpc) is 3.44. The minimum atomic E-state index is -3.14. The summed E-state index contributed by atoms with van der Waals surface area (Å²) in [6, 6.07) is 14.6. The van der Waals surface area contributed by atoms with Gasteiger partial charge in [0.05, 0.1) is 22.0 Å². The second-order valence-corrected chi connectivity index (χ2v) is 13.2. The Morgan fingerprint density at radius 2 is 1.98 bits per heavy atom. The van der Waals surface area contributed by atoms with E-state index >= 15 is 4.39 Å². The van der Waals surface area contributed by atoms with E-state index in [9.17, 15) is 12.8 Å². The van der Waals surface area contributed by atoms with E-state index in [1.807, 2.05) is 18.2 Å². The predicted octanol–water partition coefficient (Wildman–Crippen LogP) is 6.15. The van der Waals surface area contributed by atoms with Gasteiger partial charge in [0.1, 0.15) is 36.1 Å². The minimum absolute atomic E-state index is 0.0146. The van der Waals surface area contributed by atoms with Crippen molar-refractivity contribution in [2.24, 2.45) is 0 Å². The van der Waals surface area contributed by atoms with Crippen LogP contribution in [0.15, 0.2) is 77.7 Å². The molecule has 0 bridgehead atoms. The standard InChI is InChI=1S/C30H29BrF2N4O4S/c1-2-42(38,39)12-10-34-18-30(9-4-11-41-30)24-15-23-27(16-26(24)33)35-19-36-29(23)37-22-7-8-28(25(31)14-22)40-17-20-5-3-6-21(32)13-20/h3-8,11,13-16,19,34H,2,9-10,12,17-18H2,1H3,(H,35,36,37). The Labute approximate surface area is 251 Å². The first kappa shape index (κ1) is 29.9. The first-order chi connectivity index (χ1) is 20.2. The van der Waals surface area contributed by atoms with E-state index in [1.54, 1.807) is 31.2 Å². The molecule has 0 fully saturated rings. The number of hydrogen-bond acceptors (Lipinski definition) is 8. The average molecular weight is 660 g/mol. The second kappa shape index (κ2) is 12.7. The van der Waals surface area contributed by atoms with Crippen molar-refractivity contribution in [1.29, 1.82) is 0 Å². The molecule has 0 spiro atoms. The molecule has 0 saturated heterocycles. The van der Waals surface area contributed by atoms with Crippen LogP contribution in [0.2, 0.25) is 0 Å². The van der Waals surface area contributed by atoms with Crippen LogP contribution in [0.4, 0.5) is 20.3 Å². The van der Waals surface area contributed by atoms with Gasteiger partial charge < -0.3 is 20.1 Å². The maximum absolute atomic E-state index is 15.5. The highest BCUT2D eigenvalue weighted by molar-refractivity contribution is 9.10. The van der Waals surface area contributed by atoms with Crippen LogP contribution >= 0.6 is 15.9 Å². The third-order valence-corrected chi connectivity index (χ3v) is 9.30. The lowest BCUT2D eigenvalue weighted by atomic mass is 9.89. The number of hydrogen-bond donors (Lipinski definition) is 2. The Morgan fingerprint density at radius 3 is 2.71 bits per heavy atom. The summed E-state index contributed by atoms with van der Waals surface area (Å²) in [6.07, 6.45) is 5.10. The van der Waals surface area contributed by atoms with Crippen LogP contribution in [0.25, 0.3) is 10.9 Å².